The lowest BCUT2D eigenvalue weighted by molar-refractivity contribution is -0.182. The summed E-state index contributed by atoms with van der Waals surface area (Å²) in [4.78, 5) is 66.0. The van der Waals surface area contributed by atoms with Gasteiger partial charge in [-0.15, -0.1) is 34.4 Å². The highest BCUT2D eigenvalue weighted by Crippen LogP contribution is 2.42. The molecule has 5 rings (SSSR count). The number of aromatic nitrogens is 2. The maximum absolute atomic E-state index is 13.6. The van der Waals surface area contributed by atoms with E-state index in [1.165, 1.54) is 53.6 Å². The van der Waals surface area contributed by atoms with E-state index in [0.29, 0.717) is 39.9 Å². The van der Waals surface area contributed by atoms with E-state index >= 15 is 0 Å². The zero-order valence-electron chi connectivity index (χ0n) is 24.5. The van der Waals surface area contributed by atoms with Crippen molar-refractivity contribution in [3.05, 3.63) is 52.2 Å². The number of fused-ring (bicyclic) bond motifs is 1. The first kappa shape index (κ1) is 34.7. The van der Waals surface area contributed by atoms with Crippen LogP contribution < -0.4 is 10.6 Å². The van der Waals surface area contributed by atoms with Gasteiger partial charge in [0.25, 0.3) is 11.8 Å². The van der Waals surface area contributed by atoms with Crippen LogP contribution in [-0.2, 0) is 38.2 Å². The summed E-state index contributed by atoms with van der Waals surface area (Å²) in [7, 11) is 0. The zero-order chi connectivity index (χ0) is 31.4. The van der Waals surface area contributed by atoms with Crippen LogP contribution >= 0.6 is 47.3 Å². The molecule has 4 heterocycles. The molecule has 0 spiro atoms. The van der Waals surface area contributed by atoms with E-state index in [1.807, 2.05) is 6.92 Å². The Kier molecular flexibility index (Phi) is 11.9. The molecule has 2 fully saturated rings. The second-order valence-corrected chi connectivity index (χ2v) is 13.7. The monoisotopic (exact) mass is 697 g/mol. The molecule has 13 nitrogen and oxygen atoms in total. The van der Waals surface area contributed by atoms with Gasteiger partial charge < -0.3 is 24.8 Å². The fraction of sp³-hybridized carbons (Fsp3) is 0.464. The molecule has 2 amide bonds. The van der Waals surface area contributed by atoms with Crippen LogP contribution in [0.4, 0.5) is 0 Å². The van der Waals surface area contributed by atoms with Crippen molar-refractivity contribution >= 4 is 77.0 Å². The molecule has 0 aliphatic carbocycles. The molecule has 1 unspecified atom stereocenters. The van der Waals surface area contributed by atoms with Crippen LogP contribution in [0.2, 0.25) is 0 Å². The average Bonchev–Trinajstić information content (AvgIpc) is 3.69. The standard InChI is InChI=1S/C28H31N5O8S3.ClH/c1-14-31-32-28(44-14)43-13-18-12-42-25-20(24(36)33(25)21(18)27(38)40-16(3)39-15(2)34)30-23(35)22(17-8-5-4-6-9-17)41-26(37)19-10-7-11-29-19;/h4-6,8-9,16,19-20,22,25,29H,7,10-13H2,1-3H3,(H,30,35);1H/t16-,19+,20+,22?,25+;/m1./s1. The Morgan fingerprint density at radius 3 is 2.56 bits per heavy atom. The number of benzene rings is 1. The molecule has 3 aliphatic heterocycles. The Labute approximate surface area is 278 Å². The molecule has 17 heteroatoms. The summed E-state index contributed by atoms with van der Waals surface area (Å²) < 4.78 is 16.7. The Balaban J connectivity index is 0.00000461. The van der Waals surface area contributed by atoms with Crippen LogP contribution in [0.3, 0.4) is 0 Å². The van der Waals surface area contributed by atoms with Crippen molar-refractivity contribution in [3.8, 4) is 0 Å². The maximum Gasteiger partial charge on any atom is 0.358 e. The Bertz CT molecular complexity index is 1470. The summed E-state index contributed by atoms with van der Waals surface area (Å²) in [5.41, 5.74) is 1.13. The van der Waals surface area contributed by atoms with E-state index in [0.717, 1.165) is 11.4 Å². The van der Waals surface area contributed by atoms with E-state index in [2.05, 4.69) is 20.8 Å². The number of ether oxygens (including phenoxy) is 3. The number of rotatable bonds is 11. The third-order valence-electron chi connectivity index (χ3n) is 6.94. The molecule has 2 N–H and O–H groups in total. The SMILES string of the molecule is CC(=O)O[C@@H](C)OC(=O)C1=C(CSc2nnc(C)s2)CS[C@H]2[C@@H](NC(=O)C(OC(=O)[C@@H]3CCCN3)c3ccccc3)C(=O)N12.Cl. The predicted octanol–water partition coefficient (Wildman–Crippen LogP) is 2.50. The molecule has 3 aliphatic rings. The van der Waals surface area contributed by atoms with Gasteiger partial charge >= 0.3 is 17.9 Å². The maximum atomic E-state index is 13.6. The minimum absolute atomic E-state index is 0. The number of thioether (sulfide) groups is 2. The molecule has 0 bridgehead atoms. The fourth-order valence-corrected chi connectivity index (χ4v) is 8.25. The number of nitrogens with zero attached hydrogens (tertiary/aromatic N) is 3. The number of halogens is 1. The van der Waals surface area contributed by atoms with Gasteiger partial charge in [-0.2, -0.15) is 0 Å². The lowest BCUT2D eigenvalue weighted by Crippen LogP contribution is -2.71. The van der Waals surface area contributed by atoms with Gasteiger partial charge in [-0.25, -0.2) is 4.79 Å². The predicted molar refractivity (Wildman–Crippen MR) is 168 cm³/mol. The Morgan fingerprint density at radius 1 is 1.16 bits per heavy atom. The topological polar surface area (TPSA) is 166 Å². The van der Waals surface area contributed by atoms with Gasteiger partial charge in [0.1, 0.15) is 28.2 Å². The molecule has 2 aromatic rings. The van der Waals surface area contributed by atoms with Gasteiger partial charge in [0.05, 0.1) is 0 Å². The van der Waals surface area contributed by atoms with Crippen LogP contribution in [-0.4, -0.2) is 86.6 Å². The minimum atomic E-state index is -1.27. The number of carbonyl (C=O) groups is 5. The number of aryl methyl sites for hydroxylation is 1. The van der Waals surface area contributed by atoms with E-state index in [-0.39, 0.29) is 18.1 Å². The van der Waals surface area contributed by atoms with Crippen molar-refractivity contribution in [1.82, 2.24) is 25.7 Å². The fourth-order valence-electron chi connectivity index (χ4n) is 4.95. The van der Waals surface area contributed by atoms with Crippen LogP contribution in [0.25, 0.3) is 0 Å². The van der Waals surface area contributed by atoms with Crippen LogP contribution in [0.1, 0.15) is 43.4 Å². The number of β-lactam (4-membered cyclic amide) rings is 1. The molecule has 5 atom stereocenters. The highest BCUT2D eigenvalue weighted by atomic mass is 35.5. The van der Waals surface area contributed by atoms with Crippen molar-refractivity contribution in [2.24, 2.45) is 0 Å². The summed E-state index contributed by atoms with van der Waals surface area (Å²) in [5.74, 6) is -2.46. The number of esters is 3. The molecule has 0 radical (unpaired) electrons. The largest absolute Gasteiger partial charge is 0.446 e. The third-order valence-corrected chi connectivity index (χ3v) is 10.3. The van der Waals surface area contributed by atoms with Crippen molar-refractivity contribution in [2.45, 2.75) is 67.8 Å². The summed E-state index contributed by atoms with van der Waals surface area (Å²) in [5, 5.41) is 14.1. The van der Waals surface area contributed by atoms with Crippen molar-refractivity contribution in [1.29, 1.82) is 0 Å². The second-order valence-electron chi connectivity index (χ2n) is 10.2. The normalized spacial score (nSPS) is 21.9. The highest BCUT2D eigenvalue weighted by molar-refractivity contribution is 8.01. The van der Waals surface area contributed by atoms with E-state index in [9.17, 15) is 24.0 Å². The molecular formula is C28H32ClN5O8S3. The highest BCUT2D eigenvalue weighted by Gasteiger charge is 2.55. The van der Waals surface area contributed by atoms with E-state index < -0.39 is 59.6 Å². The average molecular weight is 698 g/mol. The number of amides is 2. The summed E-state index contributed by atoms with van der Waals surface area (Å²) in [6.07, 6.45) is -1.01. The van der Waals surface area contributed by atoms with Gasteiger partial charge in [-0.05, 0) is 31.9 Å². The van der Waals surface area contributed by atoms with Crippen LogP contribution in [0, 0.1) is 6.92 Å². The van der Waals surface area contributed by atoms with Crippen LogP contribution in [0.5, 0.6) is 0 Å². The van der Waals surface area contributed by atoms with E-state index in [1.54, 1.807) is 30.3 Å². The molecule has 242 valence electrons. The molecule has 1 aromatic carbocycles. The summed E-state index contributed by atoms with van der Waals surface area (Å²) >= 11 is 4.17. The van der Waals surface area contributed by atoms with E-state index in [4.69, 9.17) is 14.2 Å². The van der Waals surface area contributed by atoms with Gasteiger partial charge in [0.15, 0.2) is 4.34 Å². The molecule has 0 saturated carbocycles. The smallest absolute Gasteiger partial charge is 0.358 e. The molecule has 45 heavy (non-hydrogen) atoms. The Morgan fingerprint density at radius 2 is 1.91 bits per heavy atom. The summed E-state index contributed by atoms with van der Waals surface area (Å²) in [6, 6.07) is 7.11. The zero-order valence-corrected chi connectivity index (χ0v) is 27.8. The lowest BCUT2D eigenvalue weighted by Gasteiger charge is -2.50. The van der Waals surface area contributed by atoms with Crippen molar-refractivity contribution in [3.63, 3.8) is 0 Å². The Hall–Kier alpha value is -3.18. The van der Waals surface area contributed by atoms with Crippen LogP contribution in [0.15, 0.2) is 45.9 Å². The van der Waals surface area contributed by atoms with Crippen molar-refractivity contribution < 1.29 is 38.2 Å². The lowest BCUT2D eigenvalue weighted by atomic mass is 10.0. The first-order valence-electron chi connectivity index (χ1n) is 13.9. The van der Waals surface area contributed by atoms with Gasteiger partial charge in [0.2, 0.25) is 12.4 Å². The van der Waals surface area contributed by atoms with Gasteiger partial charge in [-0.1, -0.05) is 53.4 Å². The van der Waals surface area contributed by atoms with Crippen molar-refractivity contribution in [2.75, 3.05) is 18.1 Å². The number of carbonyl (C=O) groups excluding carboxylic acids is 5. The minimum Gasteiger partial charge on any atom is -0.446 e. The molecular weight excluding hydrogens is 666 g/mol. The third kappa shape index (κ3) is 8.16. The first-order valence-corrected chi connectivity index (χ1v) is 16.7. The van der Waals surface area contributed by atoms with Gasteiger partial charge in [-0.3, -0.25) is 24.1 Å². The summed E-state index contributed by atoms with van der Waals surface area (Å²) in [6.45, 7) is 5.12. The first-order chi connectivity index (χ1) is 21.1. The number of hydrogen-bond donors (Lipinski definition) is 2. The number of nitrogens with one attached hydrogen (secondary N) is 2. The molecule has 2 saturated heterocycles. The quantitative estimate of drug-likeness (QED) is 0.152. The van der Waals surface area contributed by atoms with Gasteiger partial charge in [0, 0.05) is 30.9 Å². The molecule has 1 aromatic heterocycles. The number of hydrogen-bond acceptors (Lipinski definition) is 14. The second kappa shape index (κ2) is 15.4.